The lowest BCUT2D eigenvalue weighted by Crippen LogP contribution is -2.41. The Morgan fingerprint density at radius 3 is 2.81 bits per heavy atom. The summed E-state index contributed by atoms with van der Waals surface area (Å²) in [7, 11) is 0. The lowest BCUT2D eigenvalue weighted by molar-refractivity contribution is -0.121. The van der Waals surface area contributed by atoms with E-state index in [1.54, 1.807) is 11.1 Å². The molecule has 1 fully saturated rings. The number of nitrogens with zero attached hydrogens (tertiary/aromatic N) is 3. The van der Waals surface area contributed by atoms with E-state index in [4.69, 9.17) is 0 Å². The first kappa shape index (κ1) is 17.6. The molecule has 1 aliphatic heterocycles. The summed E-state index contributed by atoms with van der Waals surface area (Å²) in [4.78, 5) is 35.7. The number of nitrogens with one attached hydrogen (secondary N) is 1. The van der Waals surface area contributed by atoms with Crippen LogP contribution >= 0.6 is 0 Å². The van der Waals surface area contributed by atoms with Crippen LogP contribution in [0.3, 0.4) is 0 Å². The highest BCUT2D eigenvalue weighted by molar-refractivity contribution is 5.97. The molecule has 1 N–H and O–H groups in total. The maximum absolute atomic E-state index is 12.8. The summed E-state index contributed by atoms with van der Waals surface area (Å²) < 4.78 is 0. The molecule has 0 radical (unpaired) electrons. The first-order valence-electron chi connectivity index (χ1n) is 9.66. The summed E-state index contributed by atoms with van der Waals surface area (Å²) in [5.74, 6) is 1.08. The van der Waals surface area contributed by atoms with Crippen LogP contribution in [0.1, 0.15) is 52.6 Å². The van der Waals surface area contributed by atoms with E-state index in [0.717, 1.165) is 43.6 Å². The van der Waals surface area contributed by atoms with Gasteiger partial charge in [0.05, 0.1) is 17.8 Å². The molecule has 2 heterocycles. The average Bonchev–Trinajstić information content (AvgIpc) is 3.53. The maximum atomic E-state index is 12.8. The summed E-state index contributed by atoms with van der Waals surface area (Å²) >= 11 is 0. The van der Waals surface area contributed by atoms with Crippen LogP contribution in [0.2, 0.25) is 0 Å². The molecule has 1 aromatic carbocycles. The minimum Gasteiger partial charge on any atom is -0.354 e. The Morgan fingerprint density at radius 2 is 2.04 bits per heavy atom. The Labute approximate surface area is 159 Å². The van der Waals surface area contributed by atoms with Gasteiger partial charge in [0.25, 0.3) is 5.91 Å². The molecule has 0 saturated heterocycles. The van der Waals surface area contributed by atoms with Crippen LogP contribution in [0.15, 0.2) is 36.5 Å². The van der Waals surface area contributed by atoms with Crippen molar-refractivity contribution in [3.05, 3.63) is 59.2 Å². The zero-order chi connectivity index (χ0) is 18.6. The zero-order valence-corrected chi connectivity index (χ0v) is 15.4. The van der Waals surface area contributed by atoms with Crippen molar-refractivity contribution in [1.29, 1.82) is 0 Å². The summed E-state index contributed by atoms with van der Waals surface area (Å²) in [6.07, 6.45) is 6.29. The van der Waals surface area contributed by atoms with Gasteiger partial charge in [-0.1, -0.05) is 30.3 Å². The Kier molecular flexibility index (Phi) is 5.14. The minimum atomic E-state index is -0.136. The molecule has 2 amide bonds. The van der Waals surface area contributed by atoms with Crippen LogP contribution in [0.4, 0.5) is 0 Å². The summed E-state index contributed by atoms with van der Waals surface area (Å²) in [5, 5.41) is 2.91. The third kappa shape index (κ3) is 4.32. The highest BCUT2D eigenvalue weighted by Gasteiger charge is 2.30. The highest BCUT2D eigenvalue weighted by Crippen LogP contribution is 2.38. The van der Waals surface area contributed by atoms with Gasteiger partial charge in [0.1, 0.15) is 5.82 Å². The smallest absolute Gasteiger partial charge is 0.257 e. The molecule has 1 aromatic heterocycles. The molecule has 4 rings (SSSR count). The SMILES string of the molecule is O=C(CN1CCCc2nc(C3CC3)ncc2C1=O)NCCc1ccccc1. The van der Waals surface area contributed by atoms with Crippen molar-refractivity contribution in [2.24, 2.45) is 0 Å². The molecule has 6 nitrogen and oxygen atoms in total. The lowest BCUT2D eigenvalue weighted by Gasteiger charge is -2.20. The van der Waals surface area contributed by atoms with E-state index >= 15 is 0 Å². The van der Waals surface area contributed by atoms with Crippen LogP contribution in [0.25, 0.3) is 0 Å². The number of benzene rings is 1. The second-order valence-corrected chi connectivity index (χ2v) is 7.28. The van der Waals surface area contributed by atoms with Gasteiger partial charge in [-0.05, 0) is 37.7 Å². The number of amides is 2. The molecule has 6 heteroatoms. The number of carbonyl (C=O) groups excluding carboxylic acids is 2. The van der Waals surface area contributed by atoms with Crippen LogP contribution in [-0.4, -0.2) is 46.3 Å². The first-order chi connectivity index (χ1) is 13.2. The Morgan fingerprint density at radius 1 is 1.22 bits per heavy atom. The number of aromatic nitrogens is 2. The number of fused-ring (bicyclic) bond motifs is 1. The molecule has 0 unspecified atom stereocenters. The van der Waals surface area contributed by atoms with Crippen molar-refractivity contribution in [1.82, 2.24) is 20.2 Å². The standard InChI is InChI=1S/C21H24N4O2/c26-19(22-11-10-15-5-2-1-3-6-15)14-25-12-4-7-18-17(21(25)27)13-23-20(24-18)16-8-9-16/h1-3,5-6,13,16H,4,7-12,14H2,(H,22,26). The predicted molar refractivity (Wildman–Crippen MR) is 101 cm³/mol. The normalized spacial score (nSPS) is 16.6. The second-order valence-electron chi connectivity index (χ2n) is 7.28. The summed E-state index contributed by atoms with van der Waals surface area (Å²) in [6.45, 7) is 1.22. The first-order valence-corrected chi connectivity index (χ1v) is 9.66. The highest BCUT2D eigenvalue weighted by atomic mass is 16.2. The van der Waals surface area contributed by atoms with Gasteiger partial charge in [-0.25, -0.2) is 9.97 Å². The number of hydrogen-bond donors (Lipinski definition) is 1. The maximum Gasteiger partial charge on any atom is 0.257 e. The molecule has 2 aliphatic rings. The van der Waals surface area contributed by atoms with E-state index in [1.165, 1.54) is 5.56 Å². The third-order valence-electron chi connectivity index (χ3n) is 5.10. The number of carbonyl (C=O) groups is 2. The summed E-state index contributed by atoms with van der Waals surface area (Å²) in [5.41, 5.74) is 2.57. The Bertz CT molecular complexity index is 833. The average molecular weight is 364 g/mol. The van der Waals surface area contributed by atoms with Gasteiger partial charge in [0.15, 0.2) is 0 Å². The van der Waals surface area contributed by atoms with Crippen molar-refractivity contribution >= 4 is 11.8 Å². The Balaban J connectivity index is 1.34. The minimum absolute atomic E-state index is 0.0808. The third-order valence-corrected chi connectivity index (χ3v) is 5.10. The quantitative estimate of drug-likeness (QED) is 0.852. The van der Waals surface area contributed by atoms with E-state index in [2.05, 4.69) is 15.3 Å². The monoisotopic (exact) mass is 364 g/mol. The fourth-order valence-electron chi connectivity index (χ4n) is 3.42. The largest absolute Gasteiger partial charge is 0.354 e. The van der Waals surface area contributed by atoms with Gasteiger partial charge >= 0.3 is 0 Å². The van der Waals surface area contributed by atoms with E-state index in [1.807, 2.05) is 30.3 Å². The van der Waals surface area contributed by atoms with Gasteiger partial charge in [-0.3, -0.25) is 9.59 Å². The zero-order valence-electron chi connectivity index (χ0n) is 15.4. The van der Waals surface area contributed by atoms with Crippen molar-refractivity contribution in [3.63, 3.8) is 0 Å². The van der Waals surface area contributed by atoms with Crippen LogP contribution < -0.4 is 5.32 Å². The van der Waals surface area contributed by atoms with E-state index < -0.39 is 0 Å². The molecule has 0 spiro atoms. The molecule has 0 atom stereocenters. The fourth-order valence-corrected chi connectivity index (χ4v) is 3.42. The van der Waals surface area contributed by atoms with E-state index in [9.17, 15) is 9.59 Å². The van der Waals surface area contributed by atoms with Crippen molar-refractivity contribution in [2.45, 2.75) is 38.0 Å². The van der Waals surface area contributed by atoms with E-state index in [0.29, 0.717) is 24.6 Å². The Hall–Kier alpha value is -2.76. The van der Waals surface area contributed by atoms with Crippen molar-refractivity contribution in [2.75, 3.05) is 19.6 Å². The number of rotatable bonds is 6. The van der Waals surface area contributed by atoms with Gasteiger partial charge < -0.3 is 10.2 Å². The van der Waals surface area contributed by atoms with Crippen LogP contribution in [0, 0.1) is 0 Å². The topological polar surface area (TPSA) is 75.2 Å². The molecule has 1 aliphatic carbocycles. The lowest BCUT2D eigenvalue weighted by atomic mass is 10.1. The van der Waals surface area contributed by atoms with Crippen LogP contribution in [-0.2, 0) is 17.6 Å². The second kappa shape index (κ2) is 7.86. The van der Waals surface area contributed by atoms with Crippen LogP contribution in [0.5, 0.6) is 0 Å². The fraction of sp³-hybridized carbons (Fsp3) is 0.429. The van der Waals surface area contributed by atoms with Gasteiger partial charge in [0.2, 0.25) is 5.91 Å². The van der Waals surface area contributed by atoms with Gasteiger partial charge in [-0.15, -0.1) is 0 Å². The predicted octanol–water partition coefficient (Wildman–Crippen LogP) is 2.10. The van der Waals surface area contributed by atoms with Gasteiger partial charge in [-0.2, -0.15) is 0 Å². The van der Waals surface area contributed by atoms with Crippen molar-refractivity contribution in [3.8, 4) is 0 Å². The molecule has 0 bridgehead atoms. The van der Waals surface area contributed by atoms with Crippen molar-refractivity contribution < 1.29 is 9.59 Å². The molecule has 27 heavy (non-hydrogen) atoms. The summed E-state index contributed by atoms with van der Waals surface area (Å²) in [6, 6.07) is 10.0. The molecular formula is C21H24N4O2. The number of aryl methyl sites for hydroxylation is 1. The van der Waals surface area contributed by atoms with E-state index in [-0.39, 0.29) is 18.4 Å². The molecule has 1 saturated carbocycles. The molecule has 2 aromatic rings. The molecule has 140 valence electrons. The van der Waals surface area contributed by atoms with Gasteiger partial charge in [0, 0.05) is 25.2 Å². The number of hydrogen-bond acceptors (Lipinski definition) is 4. The molecular weight excluding hydrogens is 340 g/mol.